The molecule has 0 bridgehead atoms. The van der Waals surface area contributed by atoms with Gasteiger partial charge in [-0.3, -0.25) is 9.48 Å². The molecule has 0 saturated carbocycles. The average Bonchev–Trinajstić information content (AvgIpc) is 2.74. The molecule has 7 nitrogen and oxygen atoms in total. The number of carbonyl (C=O) groups excluding carboxylic acids is 1. The number of hydrogen-bond donors (Lipinski definition) is 3. The molecule has 7 heteroatoms. The maximum atomic E-state index is 11.8. The number of carboxylic acids is 1. The van der Waals surface area contributed by atoms with Gasteiger partial charge in [0.05, 0.1) is 6.20 Å². The summed E-state index contributed by atoms with van der Waals surface area (Å²) in [5.41, 5.74) is 6.29. The molecule has 0 aliphatic carbocycles. The maximum Gasteiger partial charge on any atom is 0.326 e. The highest BCUT2D eigenvalue weighted by atomic mass is 16.4. The van der Waals surface area contributed by atoms with E-state index in [-0.39, 0.29) is 0 Å². The molecule has 1 rings (SSSR count). The van der Waals surface area contributed by atoms with Crippen LogP contribution in [0.3, 0.4) is 0 Å². The summed E-state index contributed by atoms with van der Waals surface area (Å²) in [6.45, 7) is 1.85. The van der Waals surface area contributed by atoms with Gasteiger partial charge in [-0.2, -0.15) is 5.10 Å². The molecular formula is C11H18N4O3. The molecule has 100 valence electrons. The van der Waals surface area contributed by atoms with Crippen molar-refractivity contribution in [2.45, 2.75) is 31.8 Å². The van der Waals surface area contributed by atoms with Crippen LogP contribution >= 0.6 is 0 Å². The van der Waals surface area contributed by atoms with Gasteiger partial charge in [-0.25, -0.2) is 4.79 Å². The van der Waals surface area contributed by atoms with Crippen LogP contribution in [0.4, 0.5) is 0 Å². The van der Waals surface area contributed by atoms with Gasteiger partial charge in [0, 0.05) is 18.8 Å². The Kier molecular flexibility index (Phi) is 4.85. The Hall–Kier alpha value is -1.89. The van der Waals surface area contributed by atoms with Gasteiger partial charge in [-0.15, -0.1) is 0 Å². The molecule has 0 fully saturated rings. The topological polar surface area (TPSA) is 110 Å². The van der Waals surface area contributed by atoms with E-state index in [2.05, 4.69) is 10.4 Å². The second-order valence-electron chi connectivity index (χ2n) is 4.11. The highest BCUT2D eigenvalue weighted by molar-refractivity contribution is 5.87. The fourth-order valence-electron chi connectivity index (χ4n) is 1.56. The molecule has 1 amide bonds. The molecule has 0 spiro atoms. The van der Waals surface area contributed by atoms with E-state index in [1.165, 1.54) is 10.9 Å². The van der Waals surface area contributed by atoms with E-state index in [0.717, 1.165) is 0 Å². The van der Waals surface area contributed by atoms with Crippen LogP contribution in [0.2, 0.25) is 0 Å². The van der Waals surface area contributed by atoms with Crippen molar-refractivity contribution in [1.82, 2.24) is 15.1 Å². The molecule has 2 atom stereocenters. The van der Waals surface area contributed by atoms with Gasteiger partial charge in [0.1, 0.15) is 12.1 Å². The quantitative estimate of drug-likeness (QED) is 0.650. The molecule has 1 heterocycles. The Morgan fingerprint density at radius 3 is 2.72 bits per heavy atom. The SMILES string of the molecule is CCCC(NC(=O)C(N)c1cnn(C)c1)C(=O)O. The summed E-state index contributed by atoms with van der Waals surface area (Å²) in [5, 5.41) is 15.3. The van der Waals surface area contributed by atoms with Crippen LogP contribution in [0.5, 0.6) is 0 Å². The van der Waals surface area contributed by atoms with Crippen LogP contribution in [0.1, 0.15) is 31.4 Å². The van der Waals surface area contributed by atoms with Gasteiger partial charge >= 0.3 is 5.97 Å². The van der Waals surface area contributed by atoms with Crippen molar-refractivity contribution < 1.29 is 14.7 Å². The number of carbonyl (C=O) groups is 2. The Labute approximate surface area is 105 Å². The van der Waals surface area contributed by atoms with E-state index in [9.17, 15) is 9.59 Å². The molecule has 4 N–H and O–H groups in total. The standard InChI is InChI=1S/C11H18N4O3/c1-3-4-8(11(17)18)14-10(16)9(12)7-5-13-15(2)6-7/h5-6,8-9H,3-4,12H2,1-2H3,(H,14,16)(H,17,18). The highest BCUT2D eigenvalue weighted by Crippen LogP contribution is 2.09. The molecule has 18 heavy (non-hydrogen) atoms. The number of hydrogen-bond acceptors (Lipinski definition) is 4. The summed E-state index contributed by atoms with van der Waals surface area (Å²) in [6.07, 6.45) is 4.15. The summed E-state index contributed by atoms with van der Waals surface area (Å²) in [7, 11) is 1.71. The van der Waals surface area contributed by atoms with Crippen molar-refractivity contribution in [3.8, 4) is 0 Å². The van der Waals surface area contributed by atoms with Gasteiger partial charge in [-0.05, 0) is 6.42 Å². The van der Waals surface area contributed by atoms with Crippen molar-refractivity contribution in [3.05, 3.63) is 18.0 Å². The van der Waals surface area contributed by atoms with Crippen molar-refractivity contribution in [1.29, 1.82) is 0 Å². The first-order valence-corrected chi connectivity index (χ1v) is 5.73. The summed E-state index contributed by atoms with van der Waals surface area (Å²) >= 11 is 0. The minimum atomic E-state index is -1.05. The second kappa shape index (κ2) is 6.15. The lowest BCUT2D eigenvalue weighted by Gasteiger charge is -2.16. The van der Waals surface area contributed by atoms with Crippen LogP contribution in [0.25, 0.3) is 0 Å². The molecule has 0 saturated heterocycles. The number of amides is 1. The van der Waals surface area contributed by atoms with Gasteiger partial charge in [0.15, 0.2) is 0 Å². The van der Waals surface area contributed by atoms with Gasteiger partial charge < -0.3 is 16.2 Å². The van der Waals surface area contributed by atoms with E-state index >= 15 is 0 Å². The largest absolute Gasteiger partial charge is 0.480 e. The summed E-state index contributed by atoms with van der Waals surface area (Å²) in [4.78, 5) is 22.7. The van der Waals surface area contributed by atoms with Gasteiger partial charge in [0.2, 0.25) is 5.91 Å². The zero-order valence-corrected chi connectivity index (χ0v) is 10.5. The highest BCUT2D eigenvalue weighted by Gasteiger charge is 2.23. The lowest BCUT2D eigenvalue weighted by atomic mass is 10.1. The van der Waals surface area contributed by atoms with E-state index in [1.807, 2.05) is 6.92 Å². The number of aliphatic carboxylic acids is 1. The molecule has 0 radical (unpaired) electrons. The number of aryl methyl sites for hydroxylation is 1. The van der Waals surface area contributed by atoms with Gasteiger partial charge in [0.25, 0.3) is 0 Å². The third kappa shape index (κ3) is 3.56. The molecule has 0 aromatic carbocycles. The van der Waals surface area contributed by atoms with Crippen molar-refractivity contribution in [3.63, 3.8) is 0 Å². The number of carboxylic acid groups (broad SMARTS) is 1. The lowest BCUT2D eigenvalue weighted by Crippen LogP contribution is -2.44. The van der Waals surface area contributed by atoms with Crippen molar-refractivity contribution in [2.24, 2.45) is 12.8 Å². The average molecular weight is 254 g/mol. The number of nitrogens with zero attached hydrogens (tertiary/aromatic N) is 2. The minimum Gasteiger partial charge on any atom is -0.480 e. The number of nitrogens with one attached hydrogen (secondary N) is 1. The normalized spacial score (nSPS) is 13.9. The Morgan fingerprint density at radius 1 is 1.61 bits per heavy atom. The van der Waals surface area contributed by atoms with Crippen molar-refractivity contribution >= 4 is 11.9 Å². The fourth-order valence-corrected chi connectivity index (χ4v) is 1.56. The van der Waals surface area contributed by atoms with E-state index in [4.69, 9.17) is 10.8 Å². The first-order valence-electron chi connectivity index (χ1n) is 5.73. The number of aromatic nitrogens is 2. The van der Waals surface area contributed by atoms with E-state index < -0.39 is 24.0 Å². The van der Waals surface area contributed by atoms with Crippen LogP contribution in [0.15, 0.2) is 12.4 Å². The van der Waals surface area contributed by atoms with E-state index in [1.54, 1.807) is 13.2 Å². The first kappa shape index (κ1) is 14.2. The first-order chi connectivity index (χ1) is 8.45. The molecular weight excluding hydrogens is 236 g/mol. The zero-order valence-electron chi connectivity index (χ0n) is 10.5. The fraction of sp³-hybridized carbons (Fsp3) is 0.545. The smallest absolute Gasteiger partial charge is 0.326 e. The minimum absolute atomic E-state index is 0.376. The zero-order chi connectivity index (χ0) is 13.7. The summed E-state index contributed by atoms with van der Waals surface area (Å²) in [6, 6.07) is -1.80. The Balaban J connectivity index is 2.66. The Morgan fingerprint density at radius 2 is 2.28 bits per heavy atom. The van der Waals surface area contributed by atoms with Crippen molar-refractivity contribution in [2.75, 3.05) is 0 Å². The molecule has 0 aliphatic rings. The molecule has 2 unspecified atom stereocenters. The number of nitrogens with two attached hydrogens (primary N) is 1. The van der Waals surface area contributed by atoms with Crippen LogP contribution < -0.4 is 11.1 Å². The lowest BCUT2D eigenvalue weighted by molar-refractivity contribution is -0.142. The maximum absolute atomic E-state index is 11.8. The third-order valence-corrected chi connectivity index (χ3v) is 2.56. The van der Waals surface area contributed by atoms with E-state index in [0.29, 0.717) is 18.4 Å². The van der Waals surface area contributed by atoms with Crippen LogP contribution in [0, 0.1) is 0 Å². The molecule has 1 aromatic heterocycles. The monoisotopic (exact) mass is 254 g/mol. The predicted octanol–water partition coefficient (Wildman–Crippen LogP) is -0.211. The Bertz CT molecular complexity index is 430. The van der Waals surface area contributed by atoms with Gasteiger partial charge in [-0.1, -0.05) is 13.3 Å². The molecule has 0 aliphatic heterocycles. The summed E-state index contributed by atoms with van der Waals surface area (Å²) in [5.74, 6) is -1.56. The molecule has 1 aromatic rings. The van der Waals surface area contributed by atoms with Crippen LogP contribution in [-0.4, -0.2) is 32.8 Å². The van der Waals surface area contributed by atoms with Crippen LogP contribution in [-0.2, 0) is 16.6 Å². The predicted molar refractivity (Wildman–Crippen MR) is 64.6 cm³/mol. The number of rotatable bonds is 6. The second-order valence-corrected chi connectivity index (χ2v) is 4.11. The third-order valence-electron chi connectivity index (χ3n) is 2.56. The summed E-state index contributed by atoms with van der Waals surface area (Å²) < 4.78 is 1.53.